The molecule has 6 rings (SSSR count). The average molecular weight is 576 g/mol. The number of benzene rings is 1. The zero-order valence-electron chi connectivity index (χ0n) is 23.7. The Morgan fingerprint density at radius 1 is 1.07 bits per heavy atom. The molecule has 2 aromatic rings. The van der Waals surface area contributed by atoms with Gasteiger partial charge in [-0.05, 0) is 74.5 Å². The van der Waals surface area contributed by atoms with Gasteiger partial charge in [-0.3, -0.25) is 14.5 Å². The molecule has 0 radical (unpaired) electrons. The van der Waals surface area contributed by atoms with Gasteiger partial charge in [0.2, 0.25) is 5.88 Å². The summed E-state index contributed by atoms with van der Waals surface area (Å²) in [5.41, 5.74) is 6.43. The molecule has 4 atom stereocenters. The minimum atomic E-state index is -0.603. The molecule has 11 nitrogen and oxygen atoms in total. The SMILES string of the molecule is CC[C@@H]1C[C@]2(CC3NC(=O)N(C4CCC(Oc5ncccc5C(N)=O)CC4)C3=O)C[C@H]2N1C(=O)OCc1ccccc1. The summed E-state index contributed by atoms with van der Waals surface area (Å²) in [7, 11) is 0. The quantitative estimate of drug-likeness (QED) is 0.433. The minimum absolute atomic E-state index is 0.0222. The molecule has 5 amide bonds. The summed E-state index contributed by atoms with van der Waals surface area (Å²) >= 11 is 0. The summed E-state index contributed by atoms with van der Waals surface area (Å²) in [6.07, 6.45) is 6.42. The number of nitrogens with zero attached hydrogens (tertiary/aromatic N) is 3. The first-order valence-corrected chi connectivity index (χ1v) is 14.8. The predicted octanol–water partition coefficient (Wildman–Crippen LogP) is 3.76. The van der Waals surface area contributed by atoms with Crippen LogP contribution in [0.2, 0.25) is 0 Å². The topological polar surface area (TPSA) is 144 Å². The lowest BCUT2D eigenvalue weighted by Crippen LogP contribution is -2.44. The molecule has 2 aliphatic carbocycles. The van der Waals surface area contributed by atoms with Crippen molar-refractivity contribution in [3.63, 3.8) is 0 Å². The summed E-state index contributed by atoms with van der Waals surface area (Å²) in [5.74, 6) is -0.584. The number of pyridine rings is 1. The monoisotopic (exact) mass is 575 g/mol. The van der Waals surface area contributed by atoms with E-state index in [0.29, 0.717) is 32.1 Å². The summed E-state index contributed by atoms with van der Waals surface area (Å²) in [6, 6.07) is 11.7. The molecule has 0 bridgehead atoms. The molecule has 3 heterocycles. The van der Waals surface area contributed by atoms with Crippen LogP contribution < -0.4 is 15.8 Å². The highest BCUT2D eigenvalue weighted by molar-refractivity contribution is 6.04. The molecule has 2 saturated heterocycles. The molecular weight excluding hydrogens is 538 g/mol. The fourth-order valence-corrected chi connectivity index (χ4v) is 7.17. The first-order valence-electron chi connectivity index (χ1n) is 14.8. The first-order chi connectivity index (χ1) is 20.3. The third kappa shape index (κ3) is 5.28. The van der Waals surface area contributed by atoms with Crippen LogP contribution in [0.4, 0.5) is 9.59 Å². The van der Waals surface area contributed by atoms with Crippen molar-refractivity contribution in [1.29, 1.82) is 0 Å². The number of piperidine rings is 1. The normalized spacial score (nSPS) is 30.1. The zero-order valence-corrected chi connectivity index (χ0v) is 23.7. The molecule has 222 valence electrons. The molecule has 11 heteroatoms. The molecule has 1 aromatic carbocycles. The van der Waals surface area contributed by atoms with Gasteiger partial charge in [0.15, 0.2) is 0 Å². The molecule has 4 aliphatic rings. The number of hydrogen-bond donors (Lipinski definition) is 2. The van der Waals surface area contributed by atoms with Crippen LogP contribution in [-0.2, 0) is 16.1 Å². The maximum absolute atomic E-state index is 13.5. The van der Waals surface area contributed by atoms with E-state index in [1.807, 2.05) is 35.2 Å². The molecule has 1 aromatic heterocycles. The van der Waals surface area contributed by atoms with Crippen LogP contribution in [0.1, 0.15) is 74.2 Å². The maximum Gasteiger partial charge on any atom is 0.410 e. The molecule has 2 saturated carbocycles. The van der Waals surface area contributed by atoms with Crippen LogP contribution in [0.25, 0.3) is 0 Å². The van der Waals surface area contributed by atoms with E-state index < -0.39 is 11.9 Å². The number of carbonyl (C=O) groups is 4. The molecule has 1 unspecified atom stereocenters. The second-order valence-corrected chi connectivity index (χ2v) is 12.0. The van der Waals surface area contributed by atoms with Crippen molar-refractivity contribution < 1.29 is 28.7 Å². The van der Waals surface area contributed by atoms with Gasteiger partial charge in [0.05, 0.1) is 0 Å². The number of nitrogens with two attached hydrogens (primary N) is 1. The van der Waals surface area contributed by atoms with E-state index in [4.69, 9.17) is 15.2 Å². The van der Waals surface area contributed by atoms with Gasteiger partial charge in [0, 0.05) is 24.3 Å². The van der Waals surface area contributed by atoms with Gasteiger partial charge < -0.3 is 25.4 Å². The predicted molar refractivity (Wildman–Crippen MR) is 151 cm³/mol. The van der Waals surface area contributed by atoms with Crippen molar-refractivity contribution in [2.75, 3.05) is 0 Å². The number of urea groups is 1. The maximum atomic E-state index is 13.5. The number of amides is 5. The van der Waals surface area contributed by atoms with Crippen LogP contribution in [0.3, 0.4) is 0 Å². The van der Waals surface area contributed by atoms with E-state index in [-0.39, 0.29) is 65.7 Å². The highest BCUT2D eigenvalue weighted by Crippen LogP contribution is 2.63. The Balaban J connectivity index is 1.04. The second kappa shape index (κ2) is 11.3. The van der Waals surface area contributed by atoms with Gasteiger partial charge in [-0.1, -0.05) is 37.3 Å². The minimum Gasteiger partial charge on any atom is -0.474 e. The Kier molecular flexibility index (Phi) is 7.51. The smallest absolute Gasteiger partial charge is 0.410 e. The molecule has 2 aliphatic heterocycles. The number of hydrogen-bond acceptors (Lipinski definition) is 7. The Hall–Kier alpha value is -4.15. The van der Waals surface area contributed by atoms with E-state index in [1.54, 1.807) is 18.3 Å². The Morgan fingerprint density at radius 2 is 1.83 bits per heavy atom. The fraction of sp³-hybridized carbons (Fsp3) is 0.516. The highest BCUT2D eigenvalue weighted by Gasteiger charge is 2.67. The Bertz CT molecular complexity index is 1360. The number of rotatable bonds is 9. The van der Waals surface area contributed by atoms with E-state index in [2.05, 4.69) is 17.2 Å². The van der Waals surface area contributed by atoms with Gasteiger partial charge in [0.25, 0.3) is 11.8 Å². The Morgan fingerprint density at radius 3 is 2.55 bits per heavy atom. The fourth-order valence-electron chi connectivity index (χ4n) is 7.17. The number of imide groups is 1. The van der Waals surface area contributed by atoms with Crippen molar-refractivity contribution >= 4 is 23.9 Å². The number of carbonyl (C=O) groups excluding carboxylic acids is 4. The number of aromatic nitrogens is 1. The lowest BCUT2D eigenvalue weighted by molar-refractivity contribution is -0.130. The van der Waals surface area contributed by atoms with Crippen LogP contribution in [0.5, 0.6) is 5.88 Å². The van der Waals surface area contributed by atoms with Gasteiger partial charge in [0.1, 0.15) is 24.3 Å². The summed E-state index contributed by atoms with van der Waals surface area (Å²) in [4.78, 5) is 58.7. The number of nitrogens with one attached hydrogen (secondary N) is 1. The number of fused-ring (bicyclic) bond motifs is 1. The van der Waals surface area contributed by atoms with Crippen molar-refractivity contribution in [2.24, 2.45) is 11.1 Å². The lowest BCUT2D eigenvalue weighted by Gasteiger charge is -2.33. The summed E-state index contributed by atoms with van der Waals surface area (Å²) in [5, 5.41) is 2.93. The standard InChI is InChI=1S/C31H37N5O6/c1-2-20-15-31(17-25(31)35(20)30(40)41-18-19-7-4-3-5-8-19)16-24-28(38)36(29(39)34-24)21-10-12-22(13-11-21)42-27-23(26(32)37)9-6-14-33-27/h3-9,14,20-22,24-25H,2,10-13,15-18H2,1H3,(H2,32,37)(H,34,39)/t20-,21?,22?,24?,25-,31+/m1/s1. The van der Waals surface area contributed by atoms with Gasteiger partial charge in [-0.15, -0.1) is 0 Å². The third-order valence-corrected chi connectivity index (χ3v) is 9.39. The Labute approximate surface area is 244 Å². The average Bonchev–Trinajstić information content (AvgIpc) is 3.48. The number of primary amides is 1. The molecule has 0 spiro atoms. The van der Waals surface area contributed by atoms with E-state index in [0.717, 1.165) is 24.8 Å². The van der Waals surface area contributed by atoms with Crippen molar-refractivity contribution in [3.05, 3.63) is 59.8 Å². The largest absolute Gasteiger partial charge is 0.474 e. The van der Waals surface area contributed by atoms with Crippen molar-refractivity contribution in [2.45, 2.75) is 95.2 Å². The second-order valence-electron chi connectivity index (χ2n) is 12.0. The van der Waals surface area contributed by atoms with Crippen LogP contribution >= 0.6 is 0 Å². The zero-order chi connectivity index (χ0) is 29.4. The first kappa shape index (κ1) is 28.0. The van der Waals surface area contributed by atoms with Crippen molar-refractivity contribution in [1.82, 2.24) is 20.1 Å². The van der Waals surface area contributed by atoms with Gasteiger partial charge in [-0.2, -0.15) is 0 Å². The van der Waals surface area contributed by atoms with E-state index in [1.165, 1.54) is 4.90 Å². The van der Waals surface area contributed by atoms with Crippen LogP contribution in [-0.4, -0.2) is 69.0 Å². The lowest BCUT2D eigenvalue weighted by atomic mass is 9.89. The molecular formula is C31H37N5O6. The highest BCUT2D eigenvalue weighted by atomic mass is 16.6. The molecule has 4 fully saturated rings. The van der Waals surface area contributed by atoms with E-state index >= 15 is 0 Å². The van der Waals surface area contributed by atoms with Crippen molar-refractivity contribution in [3.8, 4) is 5.88 Å². The van der Waals surface area contributed by atoms with Crippen LogP contribution in [0.15, 0.2) is 48.7 Å². The van der Waals surface area contributed by atoms with Crippen LogP contribution in [0, 0.1) is 5.41 Å². The summed E-state index contributed by atoms with van der Waals surface area (Å²) < 4.78 is 11.6. The number of likely N-dealkylation sites (tertiary alicyclic amines) is 1. The van der Waals surface area contributed by atoms with Gasteiger partial charge >= 0.3 is 12.1 Å². The molecule has 3 N–H and O–H groups in total. The summed E-state index contributed by atoms with van der Waals surface area (Å²) in [6.45, 7) is 2.29. The third-order valence-electron chi connectivity index (χ3n) is 9.39. The van der Waals surface area contributed by atoms with E-state index in [9.17, 15) is 19.2 Å². The number of ether oxygens (including phenoxy) is 2. The molecule has 42 heavy (non-hydrogen) atoms. The van der Waals surface area contributed by atoms with Gasteiger partial charge in [-0.25, -0.2) is 14.6 Å².